The average Bonchev–Trinajstić information content (AvgIpc) is 3.11. The van der Waals surface area contributed by atoms with Crippen LogP contribution < -0.4 is 5.32 Å². The molecule has 1 amide bonds. The van der Waals surface area contributed by atoms with E-state index in [0.717, 1.165) is 10.9 Å². The van der Waals surface area contributed by atoms with Crippen molar-refractivity contribution >= 4 is 22.8 Å². The van der Waals surface area contributed by atoms with Crippen molar-refractivity contribution in [2.75, 3.05) is 13.7 Å². The number of furan rings is 1. The number of nitrogens with one attached hydrogen (secondary N) is 1. The molecule has 0 bridgehead atoms. The summed E-state index contributed by atoms with van der Waals surface area (Å²) in [7, 11) is 1.54. The van der Waals surface area contributed by atoms with Crippen LogP contribution in [0.15, 0.2) is 59.0 Å². The smallest absolute Gasteiger partial charge is 0.375 e. The fourth-order valence-corrected chi connectivity index (χ4v) is 3.12. The van der Waals surface area contributed by atoms with Gasteiger partial charge in [0.25, 0.3) is 5.91 Å². The zero-order chi connectivity index (χ0) is 20.8. The molecule has 29 heavy (non-hydrogen) atoms. The molecule has 1 aromatic heterocycles. The molecule has 6 nitrogen and oxygen atoms in total. The van der Waals surface area contributed by atoms with E-state index in [9.17, 15) is 9.59 Å². The molecule has 2 atom stereocenters. The predicted molar refractivity (Wildman–Crippen MR) is 110 cm³/mol. The molecular weight excluding hydrogens is 370 g/mol. The topological polar surface area (TPSA) is 77.8 Å². The fraction of sp³-hybridized carbons (Fsp3) is 0.304. The van der Waals surface area contributed by atoms with Gasteiger partial charge in [0, 0.05) is 24.6 Å². The van der Waals surface area contributed by atoms with Gasteiger partial charge in [-0.25, -0.2) is 4.79 Å². The van der Waals surface area contributed by atoms with Crippen LogP contribution in [0.1, 0.15) is 41.4 Å². The second-order valence-corrected chi connectivity index (χ2v) is 6.94. The van der Waals surface area contributed by atoms with E-state index in [1.54, 1.807) is 20.1 Å². The van der Waals surface area contributed by atoms with Crippen molar-refractivity contribution in [3.05, 3.63) is 71.5 Å². The van der Waals surface area contributed by atoms with Gasteiger partial charge in [0.2, 0.25) is 5.76 Å². The summed E-state index contributed by atoms with van der Waals surface area (Å²) in [6.07, 6.45) is -0.950. The summed E-state index contributed by atoms with van der Waals surface area (Å²) in [5.41, 5.74) is 2.31. The Morgan fingerprint density at radius 3 is 2.45 bits per heavy atom. The highest BCUT2D eigenvalue weighted by Gasteiger charge is 2.26. The molecule has 3 rings (SSSR count). The number of benzene rings is 2. The van der Waals surface area contributed by atoms with Crippen LogP contribution in [-0.4, -0.2) is 31.6 Å². The van der Waals surface area contributed by atoms with Gasteiger partial charge in [-0.15, -0.1) is 0 Å². The molecular formula is C23H25NO5. The number of carbonyl (C=O) groups excluding carboxylic acids is 2. The molecule has 152 valence electrons. The fourth-order valence-electron chi connectivity index (χ4n) is 3.12. The molecule has 3 aromatic rings. The molecule has 0 spiro atoms. The van der Waals surface area contributed by atoms with Crippen LogP contribution in [0.5, 0.6) is 0 Å². The Morgan fingerprint density at radius 2 is 1.72 bits per heavy atom. The van der Waals surface area contributed by atoms with Crippen molar-refractivity contribution in [1.29, 1.82) is 0 Å². The molecule has 6 heteroatoms. The number of methoxy groups -OCH3 is 1. The number of rotatable bonds is 8. The SMILES string of the molecule is COCc1c(C(=O)O[C@H](C)C(=O)NC[C@@H](C)c2ccccc2)oc2ccccc12. The lowest BCUT2D eigenvalue weighted by atomic mass is 10.0. The van der Waals surface area contributed by atoms with Crippen LogP contribution in [-0.2, 0) is 20.9 Å². The quantitative estimate of drug-likeness (QED) is 0.583. The minimum Gasteiger partial charge on any atom is -0.449 e. The molecule has 0 fully saturated rings. The zero-order valence-electron chi connectivity index (χ0n) is 16.8. The zero-order valence-corrected chi connectivity index (χ0v) is 16.8. The first-order valence-electron chi connectivity index (χ1n) is 9.54. The second kappa shape index (κ2) is 9.39. The number of hydrogen-bond acceptors (Lipinski definition) is 5. The lowest BCUT2D eigenvalue weighted by Gasteiger charge is -2.16. The maximum atomic E-state index is 12.6. The molecule has 0 saturated heterocycles. The van der Waals surface area contributed by atoms with E-state index in [4.69, 9.17) is 13.9 Å². The molecule has 1 N–H and O–H groups in total. The first kappa shape index (κ1) is 20.6. The Bertz CT molecular complexity index is 979. The van der Waals surface area contributed by atoms with Crippen LogP contribution >= 0.6 is 0 Å². The van der Waals surface area contributed by atoms with Crippen molar-refractivity contribution in [1.82, 2.24) is 5.32 Å². The number of ether oxygens (including phenoxy) is 2. The van der Waals surface area contributed by atoms with Crippen LogP contribution in [0.25, 0.3) is 11.0 Å². The summed E-state index contributed by atoms with van der Waals surface area (Å²) >= 11 is 0. The third-order valence-electron chi connectivity index (χ3n) is 4.78. The monoisotopic (exact) mass is 395 g/mol. The van der Waals surface area contributed by atoms with Gasteiger partial charge in [-0.2, -0.15) is 0 Å². The molecule has 2 aromatic carbocycles. The van der Waals surface area contributed by atoms with Crippen molar-refractivity contribution in [2.45, 2.75) is 32.5 Å². The standard InChI is InChI=1S/C23H25NO5/c1-15(17-9-5-4-6-10-17)13-24-22(25)16(2)28-23(26)21-19(14-27-3)18-11-7-8-12-20(18)29-21/h4-12,15-16H,13-14H2,1-3H3,(H,24,25)/t15-,16-/m1/s1. The van der Waals surface area contributed by atoms with Gasteiger partial charge in [-0.3, -0.25) is 4.79 Å². The number of para-hydroxylation sites is 1. The van der Waals surface area contributed by atoms with Crippen LogP contribution in [0.2, 0.25) is 0 Å². The Labute approximate surface area is 169 Å². The van der Waals surface area contributed by atoms with Crippen LogP contribution in [0.3, 0.4) is 0 Å². The first-order chi connectivity index (χ1) is 14.0. The van der Waals surface area contributed by atoms with Gasteiger partial charge < -0.3 is 19.2 Å². The third-order valence-corrected chi connectivity index (χ3v) is 4.78. The number of hydrogen-bond donors (Lipinski definition) is 1. The van der Waals surface area contributed by atoms with Crippen LogP contribution in [0, 0.1) is 0 Å². The minimum atomic E-state index is -0.950. The molecule has 1 heterocycles. The maximum Gasteiger partial charge on any atom is 0.375 e. The summed E-state index contributed by atoms with van der Waals surface area (Å²) in [6.45, 7) is 4.22. The van der Waals surface area contributed by atoms with Gasteiger partial charge in [0.15, 0.2) is 6.10 Å². The summed E-state index contributed by atoms with van der Waals surface area (Å²) in [6, 6.07) is 17.2. The van der Waals surface area contributed by atoms with Gasteiger partial charge in [-0.05, 0) is 24.5 Å². The molecule has 0 radical (unpaired) electrons. The maximum absolute atomic E-state index is 12.6. The highest BCUT2D eigenvalue weighted by atomic mass is 16.6. The Morgan fingerprint density at radius 1 is 1.03 bits per heavy atom. The van der Waals surface area contributed by atoms with Crippen molar-refractivity contribution in [3.8, 4) is 0 Å². The Balaban J connectivity index is 1.63. The minimum absolute atomic E-state index is 0.0605. The largest absolute Gasteiger partial charge is 0.449 e. The highest BCUT2D eigenvalue weighted by molar-refractivity contribution is 5.97. The Hall–Kier alpha value is -3.12. The molecule has 0 aliphatic rings. The predicted octanol–water partition coefficient (Wildman–Crippen LogP) is 4.04. The lowest BCUT2D eigenvalue weighted by Crippen LogP contribution is -2.37. The molecule has 0 unspecified atom stereocenters. The molecule has 0 aliphatic carbocycles. The average molecular weight is 395 g/mol. The van der Waals surface area contributed by atoms with Gasteiger partial charge in [-0.1, -0.05) is 55.5 Å². The van der Waals surface area contributed by atoms with E-state index in [1.807, 2.05) is 55.5 Å². The van der Waals surface area contributed by atoms with E-state index < -0.39 is 12.1 Å². The van der Waals surface area contributed by atoms with Gasteiger partial charge in [0.05, 0.1) is 6.61 Å². The van der Waals surface area contributed by atoms with E-state index in [-0.39, 0.29) is 24.2 Å². The number of esters is 1. The van der Waals surface area contributed by atoms with Crippen LogP contribution in [0.4, 0.5) is 0 Å². The molecule has 0 aliphatic heterocycles. The van der Waals surface area contributed by atoms with E-state index >= 15 is 0 Å². The summed E-state index contributed by atoms with van der Waals surface area (Å²) in [4.78, 5) is 25.0. The van der Waals surface area contributed by atoms with E-state index in [2.05, 4.69) is 5.32 Å². The molecule has 0 saturated carbocycles. The second-order valence-electron chi connectivity index (χ2n) is 6.94. The summed E-state index contributed by atoms with van der Waals surface area (Å²) < 4.78 is 16.2. The van der Waals surface area contributed by atoms with Crippen molar-refractivity contribution in [2.24, 2.45) is 0 Å². The van der Waals surface area contributed by atoms with E-state index in [0.29, 0.717) is 17.7 Å². The Kier molecular flexibility index (Phi) is 6.67. The van der Waals surface area contributed by atoms with Crippen molar-refractivity contribution < 1.29 is 23.5 Å². The van der Waals surface area contributed by atoms with Gasteiger partial charge in [0.1, 0.15) is 5.58 Å². The van der Waals surface area contributed by atoms with Gasteiger partial charge >= 0.3 is 5.97 Å². The number of carbonyl (C=O) groups is 2. The van der Waals surface area contributed by atoms with Crippen molar-refractivity contribution in [3.63, 3.8) is 0 Å². The third kappa shape index (κ3) is 4.84. The van der Waals surface area contributed by atoms with E-state index in [1.165, 1.54) is 0 Å². The number of amides is 1. The highest BCUT2D eigenvalue weighted by Crippen LogP contribution is 2.27. The lowest BCUT2D eigenvalue weighted by molar-refractivity contribution is -0.129. The number of fused-ring (bicyclic) bond motifs is 1. The first-order valence-corrected chi connectivity index (χ1v) is 9.54. The normalized spacial score (nSPS) is 13.1. The summed E-state index contributed by atoms with van der Waals surface area (Å²) in [5.74, 6) is -0.838. The summed E-state index contributed by atoms with van der Waals surface area (Å²) in [5, 5.41) is 3.62.